The van der Waals surface area contributed by atoms with Crippen molar-refractivity contribution in [2.24, 2.45) is 17.8 Å². The Bertz CT molecular complexity index is 360. The Hall–Kier alpha value is -0.790. The van der Waals surface area contributed by atoms with Crippen LogP contribution in [-0.4, -0.2) is 11.6 Å². The Morgan fingerprint density at radius 1 is 1.29 bits per heavy atom. The van der Waals surface area contributed by atoms with Gasteiger partial charge in [0.25, 0.3) is 0 Å². The molecular formula is C15H22O2. The van der Waals surface area contributed by atoms with Crippen molar-refractivity contribution < 1.29 is 9.53 Å². The molecule has 4 atom stereocenters. The molecule has 0 N–H and O–H groups in total. The molecule has 3 fully saturated rings. The molecule has 3 saturated carbocycles. The van der Waals surface area contributed by atoms with E-state index in [-0.39, 0.29) is 11.6 Å². The average Bonchev–Trinajstić information content (AvgIpc) is 2.75. The SMILES string of the molecule is C=C(C)C(=O)OC12CCCC(C1)C1CCC2C1. The van der Waals surface area contributed by atoms with Crippen molar-refractivity contribution in [3.8, 4) is 0 Å². The van der Waals surface area contributed by atoms with E-state index in [1.54, 1.807) is 6.92 Å². The molecule has 17 heavy (non-hydrogen) atoms. The van der Waals surface area contributed by atoms with Crippen LogP contribution in [0.1, 0.15) is 51.9 Å². The second-order valence-corrected chi connectivity index (χ2v) is 6.36. The molecule has 0 spiro atoms. The van der Waals surface area contributed by atoms with E-state index in [0.717, 1.165) is 24.7 Å². The molecular weight excluding hydrogens is 212 g/mol. The quantitative estimate of drug-likeness (QED) is 0.540. The second-order valence-electron chi connectivity index (χ2n) is 6.36. The van der Waals surface area contributed by atoms with Gasteiger partial charge in [-0.15, -0.1) is 0 Å². The highest BCUT2D eigenvalue weighted by atomic mass is 16.6. The monoisotopic (exact) mass is 234 g/mol. The molecule has 4 bridgehead atoms. The van der Waals surface area contributed by atoms with E-state index in [9.17, 15) is 4.79 Å². The molecule has 3 rings (SSSR count). The third-order valence-corrected chi connectivity index (χ3v) is 5.31. The van der Waals surface area contributed by atoms with Gasteiger partial charge in [-0.05, 0) is 69.6 Å². The third kappa shape index (κ3) is 1.73. The lowest BCUT2D eigenvalue weighted by Gasteiger charge is -2.48. The van der Waals surface area contributed by atoms with Crippen molar-refractivity contribution in [1.82, 2.24) is 0 Å². The first-order valence-electron chi connectivity index (χ1n) is 6.99. The molecule has 0 aromatic rings. The topological polar surface area (TPSA) is 26.3 Å². The van der Waals surface area contributed by atoms with Gasteiger partial charge in [0, 0.05) is 5.57 Å². The summed E-state index contributed by atoms with van der Waals surface area (Å²) in [4.78, 5) is 11.9. The number of carbonyl (C=O) groups excluding carboxylic acids is 1. The molecule has 0 aliphatic heterocycles. The predicted molar refractivity (Wildman–Crippen MR) is 66.4 cm³/mol. The zero-order valence-corrected chi connectivity index (χ0v) is 10.7. The minimum atomic E-state index is -0.170. The van der Waals surface area contributed by atoms with Gasteiger partial charge in [-0.25, -0.2) is 4.79 Å². The van der Waals surface area contributed by atoms with E-state index in [0.29, 0.717) is 11.5 Å². The van der Waals surface area contributed by atoms with Crippen LogP contribution < -0.4 is 0 Å². The van der Waals surface area contributed by atoms with Gasteiger partial charge in [-0.3, -0.25) is 0 Å². The van der Waals surface area contributed by atoms with Gasteiger partial charge < -0.3 is 4.74 Å². The van der Waals surface area contributed by atoms with E-state index in [1.165, 1.54) is 32.1 Å². The normalized spacial score (nSPS) is 43.2. The lowest BCUT2D eigenvalue weighted by Crippen LogP contribution is -2.49. The zero-order valence-electron chi connectivity index (χ0n) is 10.7. The molecule has 3 aliphatic carbocycles. The number of ether oxygens (including phenoxy) is 1. The van der Waals surface area contributed by atoms with Gasteiger partial charge in [0.1, 0.15) is 5.60 Å². The molecule has 4 unspecified atom stereocenters. The van der Waals surface area contributed by atoms with Gasteiger partial charge in [-0.1, -0.05) is 6.58 Å². The number of rotatable bonds is 2. The Morgan fingerprint density at radius 2 is 2.12 bits per heavy atom. The van der Waals surface area contributed by atoms with Crippen molar-refractivity contribution in [1.29, 1.82) is 0 Å². The van der Waals surface area contributed by atoms with E-state index >= 15 is 0 Å². The first-order valence-corrected chi connectivity index (χ1v) is 6.99. The van der Waals surface area contributed by atoms with E-state index < -0.39 is 0 Å². The van der Waals surface area contributed by atoms with E-state index in [1.807, 2.05) is 0 Å². The number of esters is 1. The number of fused-ring (bicyclic) bond motifs is 6. The fraction of sp³-hybridized carbons (Fsp3) is 0.800. The molecule has 0 aromatic heterocycles. The van der Waals surface area contributed by atoms with E-state index in [4.69, 9.17) is 4.74 Å². The van der Waals surface area contributed by atoms with Crippen LogP contribution in [0.15, 0.2) is 12.2 Å². The maximum absolute atomic E-state index is 11.9. The summed E-state index contributed by atoms with van der Waals surface area (Å²) in [5.74, 6) is 2.21. The van der Waals surface area contributed by atoms with Crippen LogP contribution in [0.25, 0.3) is 0 Å². The lowest BCUT2D eigenvalue weighted by atomic mass is 9.63. The summed E-state index contributed by atoms with van der Waals surface area (Å²) in [5, 5.41) is 0. The summed E-state index contributed by atoms with van der Waals surface area (Å²) in [7, 11) is 0. The highest BCUT2D eigenvalue weighted by Crippen LogP contribution is 2.57. The van der Waals surface area contributed by atoms with Crippen molar-refractivity contribution in [2.75, 3.05) is 0 Å². The third-order valence-electron chi connectivity index (χ3n) is 5.31. The van der Waals surface area contributed by atoms with Crippen molar-refractivity contribution in [2.45, 2.75) is 57.5 Å². The molecule has 2 heteroatoms. The largest absolute Gasteiger partial charge is 0.455 e. The van der Waals surface area contributed by atoms with Crippen LogP contribution in [-0.2, 0) is 9.53 Å². The summed E-state index contributed by atoms with van der Waals surface area (Å²) in [6, 6.07) is 0. The van der Waals surface area contributed by atoms with Crippen LogP contribution in [0.4, 0.5) is 0 Å². The van der Waals surface area contributed by atoms with Crippen molar-refractivity contribution in [3.63, 3.8) is 0 Å². The molecule has 0 radical (unpaired) electrons. The Kier molecular flexibility index (Phi) is 2.57. The minimum Gasteiger partial charge on any atom is -0.455 e. The predicted octanol–water partition coefficient (Wildman–Crippen LogP) is 3.46. The second kappa shape index (κ2) is 3.86. The van der Waals surface area contributed by atoms with Gasteiger partial charge in [0.2, 0.25) is 0 Å². The van der Waals surface area contributed by atoms with Gasteiger partial charge in [0.15, 0.2) is 0 Å². The van der Waals surface area contributed by atoms with E-state index in [2.05, 4.69) is 6.58 Å². The summed E-state index contributed by atoms with van der Waals surface area (Å²) in [6.45, 7) is 5.46. The fourth-order valence-electron chi connectivity index (χ4n) is 4.45. The van der Waals surface area contributed by atoms with Gasteiger partial charge in [0.05, 0.1) is 0 Å². The van der Waals surface area contributed by atoms with Crippen LogP contribution in [0.5, 0.6) is 0 Å². The Labute approximate surface area is 103 Å². The summed E-state index contributed by atoms with van der Waals surface area (Å²) >= 11 is 0. The molecule has 0 amide bonds. The molecule has 94 valence electrons. The van der Waals surface area contributed by atoms with Crippen LogP contribution in [0.3, 0.4) is 0 Å². The smallest absolute Gasteiger partial charge is 0.333 e. The van der Waals surface area contributed by atoms with Gasteiger partial charge in [-0.2, -0.15) is 0 Å². The maximum atomic E-state index is 11.9. The molecule has 2 nitrogen and oxygen atoms in total. The highest BCUT2D eigenvalue weighted by molar-refractivity contribution is 5.87. The molecule has 0 heterocycles. The first kappa shape index (κ1) is 11.3. The lowest BCUT2D eigenvalue weighted by molar-refractivity contribution is -0.174. The fourth-order valence-corrected chi connectivity index (χ4v) is 4.45. The van der Waals surface area contributed by atoms with Crippen molar-refractivity contribution in [3.05, 3.63) is 12.2 Å². The van der Waals surface area contributed by atoms with Crippen LogP contribution in [0, 0.1) is 17.8 Å². The average molecular weight is 234 g/mol. The summed E-state index contributed by atoms with van der Waals surface area (Å²) < 4.78 is 5.90. The summed E-state index contributed by atoms with van der Waals surface area (Å²) in [6.07, 6.45) is 8.73. The molecule has 0 aromatic carbocycles. The number of hydrogen-bond acceptors (Lipinski definition) is 2. The standard InChI is InChI=1S/C15H22O2/c1-10(2)14(16)17-15-7-3-4-12(9-15)11-5-6-13(15)8-11/h11-13H,1,3-9H2,2H3. The van der Waals surface area contributed by atoms with Crippen LogP contribution in [0.2, 0.25) is 0 Å². The van der Waals surface area contributed by atoms with Crippen LogP contribution >= 0.6 is 0 Å². The first-order chi connectivity index (χ1) is 8.11. The summed E-state index contributed by atoms with van der Waals surface area (Å²) in [5.41, 5.74) is 0.424. The Morgan fingerprint density at radius 3 is 2.88 bits per heavy atom. The number of carbonyl (C=O) groups is 1. The minimum absolute atomic E-state index is 0.119. The zero-order chi connectivity index (χ0) is 12.0. The number of hydrogen-bond donors (Lipinski definition) is 0. The molecule has 3 aliphatic rings. The van der Waals surface area contributed by atoms with Gasteiger partial charge >= 0.3 is 5.97 Å². The van der Waals surface area contributed by atoms with Crippen molar-refractivity contribution >= 4 is 5.97 Å². The highest BCUT2D eigenvalue weighted by Gasteiger charge is 2.54. The maximum Gasteiger partial charge on any atom is 0.333 e. The molecule has 0 saturated heterocycles. The Balaban J connectivity index is 1.84.